The Hall–Kier alpha value is -1.49. The van der Waals surface area contributed by atoms with Crippen molar-refractivity contribution in [1.82, 2.24) is 10.2 Å². The first-order valence-electron chi connectivity index (χ1n) is 6.71. The van der Waals surface area contributed by atoms with Gasteiger partial charge in [-0.1, -0.05) is 18.5 Å². The van der Waals surface area contributed by atoms with Crippen molar-refractivity contribution < 1.29 is 13.9 Å². The maximum absolute atomic E-state index is 14.2. The lowest BCUT2D eigenvalue weighted by Gasteiger charge is -2.50. The van der Waals surface area contributed by atoms with Gasteiger partial charge in [-0.05, 0) is 25.5 Å². The maximum atomic E-state index is 14.2. The molecule has 2 bridgehead atoms. The number of hydrogen-bond donors (Lipinski definition) is 1. The van der Waals surface area contributed by atoms with Crippen LogP contribution in [0.1, 0.15) is 38.3 Å². The lowest BCUT2D eigenvalue weighted by Crippen LogP contribution is -2.64. The van der Waals surface area contributed by atoms with Gasteiger partial charge in [0.25, 0.3) is 0 Å². The molecule has 0 radical (unpaired) electrons. The average Bonchev–Trinajstić information content (AvgIpc) is 2.38. The van der Waals surface area contributed by atoms with Gasteiger partial charge in [-0.25, -0.2) is 9.18 Å². The van der Waals surface area contributed by atoms with Gasteiger partial charge in [-0.15, -0.1) is 0 Å². The molecule has 2 aliphatic rings. The van der Waals surface area contributed by atoms with Crippen molar-refractivity contribution in [2.75, 3.05) is 6.54 Å². The predicted molar refractivity (Wildman–Crippen MR) is 73.3 cm³/mol. The van der Waals surface area contributed by atoms with Crippen LogP contribution >= 0.6 is 11.6 Å². The summed E-state index contributed by atoms with van der Waals surface area (Å²) >= 11 is 5.82. The number of hydrogen-bond acceptors (Lipinski definition) is 2. The molecule has 108 valence electrons. The van der Waals surface area contributed by atoms with E-state index in [1.54, 1.807) is 11.0 Å². The van der Waals surface area contributed by atoms with E-state index >= 15 is 0 Å². The summed E-state index contributed by atoms with van der Waals surface area (Å²) in [5.41, 5.74) is -0.393. The number of ether oxygens (including phenoxy) is 1. The van der Waals surface area contributed by atoms with Crippen LogP contribution in [-0.2, 0) is 0 Å². The highest BCUT2D eigenvalue weighted by Gasteiger charge is 2.49. The second-order valence-electron chi connectivity index (χ2n) is 5.41. The summed E-state index contributed by atoms with van der Waals surface area (Å²) in [5.74, 6) is -0.0628. The molecule has 1 N–H and O–H groups in total. The molecule has 6 heteroatoms. The highest BCUT2D eigenvalue weighted by atomic mass is 35.5. The molecule has 1 aromatic carbocycles. The van der Waals surface area contributed by atoms with Crippen molar-refractivity contribution in [3.63, 3.8) is 0 Å². The quantitative estimate of drug-likeness (QED) is 0.908. The Morgan fingerprint density at radius 1 is 1.60 bits per heavy atom. The number of fused-ring (bicyclic) bond motifs is 4. The first kappa shape index (κ1) is 13.5. The highest BCUT2D eigenvalue weighted by Crippen LogP contribution is 2.46. The number of halogens is 2. The van der Waals surface area contributed by atoms with Gasteiger partial charge in [0, 0.05) is 13.0 Å². The maximum Gasteiger partial charge on any atom is 0.320 e. The normalized spacial score (nSPS) is 27.7. The van der Waals surface area contributed by atoms with Crippen LogP contribution in [0.2, 0.25) is 5.02 Å². The zero-order valence-electron chi connectivity index (χ0n) is 11.4. The first-order valence-corrected chi connectivity index (χ1v) is 7.09. The fourth-order valence-electron chi connectivity index (χ4n) is 3.01. The summed E-state index contributed by atoms with van der Waals surface area (Å²) in [5, 5.41) is 2.88. The molecule has 2 amide bonds. The van der Waals surface area contributed by atoms with E-state index < -0.39 is 17.6 Å². The topological polar surface area (TPSA) is 41.6 Å². The smallest absolute Gasteiger partial charge is 0.320 e. The number of rotatable bonds is 2. The van der Waals surface area contributed by atoms with E-state index in [1.165, 1.54) is 6.07 Å². The molecule has 0 aliphatic carbocycles. The third kappa shape index (κ3) is 1.84. The lowest BCUT2D eigenvalue weighted by atomic mass is 9.90. The van der Waals surface area contributed by atoms with Crippen molar-refractivity contribution in [2.45, 2.75) is 38.5 Å². The fourth-order valence-corrected chi connectivity index (χ4v) is 3.18. The van der Waals surface area contributed by atoms with E-state index in [9.17, 15) is 9.18 Å². The molecule has 2 atom stereocenters. The summed E-state index contributed by atoms with van der Waals surface area (Å²) in [6.07, 6.45) is 1.34. The molecule has 0 saturated carbocycles. The fraction of sp³-hybridized carbons (Fsp3) is 0.500. The minimum absolute atomic E-state index is 0.0428. The molecule has 4 nitrogen and oxygen atoms in total. The van der Waals surface area contributed by atoms with Crippen LogP contribution in [0.5, 0.6) is 5.75 Å². The Balaban J connectivity index is 2.08. The van der Waals surface area contributed by atoms with Crippen LogP contribution in [-0.4, -0.2) is 23.2 Å². The van der Waals surface area contributed by atoms with Crippen molar-refractivity contribution in [3.8, 4) is 5.75 Å². The van der Waals surface area contributed by atoms with Gasteiger partial charge in [0.1, 0.15) is 5.75 Å². The van der Waals surface area contributed by atoms with E-state index in [2.05, 4.69) is 5.32 Å². The van der Waals surface area contributed by atoms with Crippen molar-refractivity contribution >= 4 is 17.6 Å². The molecule has 3 rings (SSSR count). The number of carbonyl (C=O) groups excluding carboxylic acids is 1. The van der Waals surface area contributed by atoms with Gasteiger partial charge in [0.05, 0.1) is 16.6 Å². The largest absolute Gasteiger partial charge is 0.468 e. The number of amides is 2. The van der Waals surface area contributed by atoms with Gasteiger partial charge < -0.3 is 10.1 Å². The first-order chi connectivity index (χ1) is 9.46. The number of urea groups is 1. The number of nitrogens with one attached hydrogen (secondary N) is 1. The van der Waals surface area contributed by atoms with Gasteiger partial charge in [0.2, 0.25) is 0 Å². The molecule has 1 saturated heterocycles. The third-order valence-corrected chi connectivity index (χ3v) is 4.21. The summed E-state index contributed by atoms with van der Waals surface area (Å²) in [6, 6.07) is 2.51. The molecule has 1 aromatic rings. The second-order valence-corrected chi connectivity index (χ2v) is 5.82. The summed E-state index contributed by atoms with van der Waals surface area (Å²) in [4.78, 5) is 13.9. The molecule has 1 fully saturated rings. The third-order valence-electron chi connectivity index (χ3n) is 3.91. The van der Waals surface area contributed by atoms with E-state index in [1.807, 2.05) is 13.8 Å². The summed E-state index contributed by atoms with van der Waals surface area (Å²) in [7, 11) is 0. The Morgan fingerprint density at radius 3 is 3.05 bits per heavy atom. The van der Waals surface area contributed by atoms with Gasteiger partial charge in [-0.2, -0.15) is 0 Å². The second kappa shape index (κ2) is 4.52. The number of nitrogens with zero attached hydrogens (tertiary/aromatic N) is 1. The lowest BCUT2D eigenvalue weighted by molar-refractivity contribution is -0.0844. The molecule has 20 heavy (non-hydrogen) atoms. The molecule has 2 aliphatic heterocycles. The van der Waals surface area contributed by atoms with Gasteiger partial charge >= 0.3 is 6.03 Å². The summed E-state index contributed by atoms with van der Waals surface area (Å²) < 4.78 is 20.1. The van der Waals surface area contributed by atoms with Crippen molar-refractivity contribution in [3.05, 3.63) is 28.5 Å². The zero-order chi connectivity index (χ0) is 14.5. The van der Waals surface area contributed by atoms with E-state index in [0.717, 1.165) is 6.42 Å². The standard InChI is InChI=1S/C14H16ClFN2O2/c1-3-6-18-13(19)17-9-7-14(18,2)20-10-5-4-8(15)12(16)11(9)10/h4-5,9H,3,6-7H2,1-2H3,(H,17,19). The van der Waals surface area contributed by atoms with E-state index in [-0.39, 0.29) is 11.1 Å². The Labute approximate surface area is 121 Å². The van der Waals surface area contributed by atoms with Crippen molar-refractivity contribution in [2.24, 2.45) is 0 Å². The minimum Gasteiger partial charge on any atom is -0.468 e. The minimum atomic E-state index is -0.740. The van der Waals surface area contributed by atoms with Crippen LogP contribution in [0.3, 0.4) is 0 Å². The Kier molecular flexibility index (Phi) is 3.05. The molecular formula is C14H16ClFN2O2. The zero-order valence-corrected chi connectivity index (χ0v) is 12.1. The van der Waals surface area contributed by atoms with Crippen LogP contribution in [0.4, 0.5) is 9.18 Å². The Morgan fingerprint density at radius 2 is 2.35 bits per heavy atom. The average molecular weight is 299 g/mol. The molecular weight excluding hydrogens is 283 g/mol. The van der Waals surface area contributed by atoms with Crippen LogP contribution in [0.15, 0.2) is 12.1 Å². The molecule has 0 aromatic heterocycles. The van der Waals surface area contributed by atoms with Crippen LogP contribution in [0, 0.1) is 5.82 Å². The number of benzene rings is 1. The molecule has 0 spiro atoms. The SMILES string of the molecule is CCCN1C(=O)NC2CC1(C)Oc1ccc(Cl)c(F)c12. The predicted octanol–water partition coefficient (Wildman–Crippen LogP) is 3.45. The Bertz CT molecular complexity index is 581. The van der Waals surface area contributed by atoms with Crippen molar-refractivity contribution in [1.29, 1.82) is 0 Å². The molecule has 2 heterocycles. The number of carbonyl (C=O) groups is 1. The van der Waals surface area contributed by atoms with Gasteiger partial charge in [-0.3, -0.25) is 4.90 Å². The summed E-state index contributed by atoms with van der Waals surface area (Å²) in [6.45, 7) is 4.46. The van der Waals surface area contributed by atoms with Crippen LogP contribution < -0.4 is 10.1 Å². The van der Waals surface area contributed by atoms with Crippen LogP contribution in [0.25, 0.3) is 0 Å². The molecule has 2 unspecified atom stereocenters. The van der Waals surface area contributed by atoms with E-state index in [4.69, 9.17) is 16.3 Å². The van der Waals surface area contributed by atoms with E-state index in [0.29, 0.717) is 24.3 Å². The monoisotopic (exact) mass is 298 g/mol. The highest BCUT2D eigenvalue weighted by molar-refractivity contribution is 6.30. The van der Waals surface area contributed by atoms with Gasteiger partial charge in [0.15, 0.2) is 11.5 Å².